The zero-order valence-electron chi connectivity index (χ0n) is 25.3. The predicted molar refractivity (Wildman–Crippen MR) is 181 cm³/mol. The van der Waals surface area contributed by atoms with E-state index in [1.165, 1.54) is 0 Å². The van der Waals surface area contributed by atoms with E-state index in [2.05, 4.69) is 46.1 Å². The Labute approximate surface area is 262 Å². The van der Waals surface area contributed by atoms with Crippen LogP contribution in [0, 0.1) is 13.8 Å². The van der Waals surface area contributed by atoms with Crippen molar-refractivity contribution in [2.24, 2.45) is 0 Å². The summed E-state index contributed by atoms with van der Waals surface area (Å²) in [6, 6.07) is 24.2. The van der Waals surface area contributed by atoms with Gasteiger partial charge in [0.25, 0.3) is 5.91 Å². The van der Waals surface area contributed by atoms with Crippen molar-refractivity contribution in [1.29, 1.82) is 0 Å². The van der Waals surface area contributed by atoms with Crippen LogP contribution >= 0.6 is 23.2 Å². The Morgan fingerprint density at radius 3 is 2.30 bits per heavy atom. The molecule has 1 amide bonds. The van der Waals surface area contributed by atoms with Crippen LogP contribution in [0.1, 0.15) is 60.7 Å². The lowest BCUT2D eigenvalue weighted by molar-refractivity contribution is 0.0720. The number of aryl methyl sites for hydroxylation is 1. The van der Waals surface area contributed by atoms with Gasteiger partial charge in [-0.1, -0.05) is 70.5 Å². The highest BCUT2D eigenvalue weighted by Crippen LogP contribution is 2.72. The van der Waals surface area contributed by atoms with Gasteiger partial charge < -0.3 is 10.1 Å². The standard InChI is InChI=1S/C36H36BrN2O3P/c1-23-11-9-10-14-27(23)29-22-43(34(41)42-35(3,4)5)19-17-36(29,18-20-43)39-33(40)31-24(2)32(25-12-7-6-8-13-25)38-30-16-15-26(37)21-28(30)31/h6-16,21-22H,17-20H2,1-5H3/p+1. The fraction of sp³-hybridized carbons (Fsp3) is 0.306. The Bertz CT molecular complexity index is 1780. The molecule has 0 atom stereocenters. The molecule has 220 valence electrons. The molecule has 0 radical (unpaired) electrons. The SMILES string of the molecule is Cc1ccccc1C1=C[P+]2(C(=O)OC(C)(C)C)CCC1(NC(=O)c1c(C)c(-c3ccccc3)nc3ccc(Br)cc13)CC2. The summed E-state index contributed by atoms with van der Waals surface area (Å²) in [6.45, 7) is 9.86. The molecule has 3 aromatic carbocycles. The molecule has 2 bridgehead atoms. The quantitative estimate of drug-likeness (QED) is 0.217. The van der Waals surface area contributed by atoms with Crippen molar-refractivity contribution in [2.75, 3.05) is 12.3 Å². The lowest BCUT2D eigenvalue weighted by atomic mass is 9.79. The molecule has 1 N–H and O–H groups in total. The lowest BCUT2D eigenvalue weighted by Crippen LogP contribution is -2.55. The summed E-state index contributed by atoms with van der Waals surface area (Å²) in [6.07, 6.45) is 2.86. The van der Waals surface area contributed by atoms with Crippen LogP contribution in [0.25, 0.3) is 27.7 Å². The molecule has 1 saturated heterocycles. The second kappa shape index (κ2) is 11.0. The minimum atomic E-state index is -2.19. The van der Waals surface area contributed by atoms with Crippen LogP contribution < -0.4 is 5.32 Å². The third kappa shape index (κ3) is 5.45. The summed E-state index contributed by atoms with van der Waals surface area (Å²) in [7, 11) is -2.19. The van der Waals surface area contributed by atoms with E-state index >= 15 is 0 Å². The molecule has 5 nitrogen and oxygen atoms in total. The van der Waals surface area contributed by atoms with Gasteiger partial charge in [-0.05, 0) is 69.5 Å². The number of hydrogen-bond donors (Lipinski definition) is 1. The molecule has 4 aromatic rings. The first-order valence-electron chi connectivity index (χ1n) is 14.8. The summed E-state index contributed by atoms with van der Waals surface area (Å²) in [4.78, 5) is 33.3. The molecule has 1 fully saturated rings. The number of carbonyl (C=O) groups excluding carboxylic acids is 2. The number of aromatic nitrogens is 1. The molecule has 3 aliphatic heterocycles. The molecule has 1 aromatic heterocycles. The van der Waals surface area contributed by atoms with Crippen LogP contribution in [-0.2, 0) is 4.74 Å². The summed E-state index contributed by atoms with van der Waals surface area (Å²) in [5, 5.41) is 4.37. The van der Waals surface area contributed by atoms with Crippen LogP contribution in [0.15, 0.2) is 83.1 Å². The fourth-order valence-corrected chi connectivity index (χ4v) is 10.8. The number of hydrogen-bond acceptors (Lipinski definition) is 4. The maximum Gasteiger partial charge on any atom is 0.455 e. The first-order valence-corrected chi connectivity index (χ1v) is 17.8. The monoisotopic (exact) mass is 655 g/mol. The number of halogens is 1. The van der Waals surface area contributed by atoms with Crippen molar-refractivity contribution < 1.29 is 14.3 Å². The van der Waals surface area contributed by atoms with Gasteiger partial charge >= 0.3 is 5.71 Å². The van der Waals surface area contributed by atoms with Crippen LogP contribution in [0.2, 0.25) is 0 Å². The Balaban J connectivity index is 1.48. The van der Waals surface area contributed by atoms with Crippen molar-refractivity contribution in [3.63, 3.8) is 0 Å². The fourth-order valence-electron chi connectivity index (χ4n) is 6.55. The van der Waals surface area contributed by atoms with E-state index in [0.29, 0.717) is 18.4 Å². The smallest absolute Gasteiger partial charge is 0.430 e. The third-order valence-corrected chi connectivity index (χ3v) is 12.9. The van der Waals surface area contributed by atoms with E-state index in [0.717, 1.165) is 61.2 Å². The highest BCUT2D eigenvalue weighted by molar-refractivity contribution is 9.10. The Kier molecular flexibility index (Phi) is 7.59. The topological polar surface area (TPSA) is 68.3 Å². The molecule has 0 unspecified atom stereocenters. The van der Waals surface area contributed by atoms with E-state index in [1.807, 2.05) is 88.4 Å². The molecule has 7 rings (SSSR count). The Morgan fingerprint density at radius 1 is 0.953 bits per heavy atom. The molecule has 0 saturated carbocycles. The molecule has 0 aliphatic carbocycles. The van der Waals surface area contributed by atoms with Gasteiger partial charge in [0.15, 0.2) is 7.26 Å². The minimum absolute atomic E-state index is 0.0703. The molecule has 43 heavy (non-hydrogen) atoms. The van der Waals surface area contributed by atoms with Gasteiger partial charge in [0, 0.05) is 33.8 Å². The largest absolute Gasteiger partial charge is 0.455 e. The average molecular weight is 657 g/mol. The lowest BCUT2D eigenvalue weighted by Gasteiger charge is -2.47. The highest BCUT2D eigenvalue weighted by atomic mass is 79.9. The van der Waals surface area contributed by atoms with Crippen LogP contribution in [0.3, 0.4) is 0 Å². The number of fused-ring (bicyclic) bond motifs is 3. The second-order valence-corrected chi connectivity index (χ2v) is 17.3. The van der Waals surface area contributed by atoms with Crippen LogP contribution in [0.5, 0.6) is 0 Å². The number of carbonyl (C=O) groups is 2. The summed E-state index contributed by atoms with van der Waals surface area (Å²) < 4.78 is 6.88. The summed E-state index contributed by atoms with van der Waals surface area (Å²) in [5.41, 5.74) is 6.07. The van der Waals surface area contributed by atoms with E-state index in [4.69, 9.17) is 9.72 Å². The van der Waals surface area contributed by atoms with E-state index in [9.17, 15) is 9.59 Å². The van der Waals surface area contributed by atoms with Crippen molar-refractivity contribution in [3.05, 3.63) is 105 Å². The van der Waals surface area contributed by atoms with Crippen molar-refractivity contribution >= 4 is 51.3 Å². The number of benzene rings is 3. The first kappa shape index (κ1) is 29.7. The Hall–Kier alpha value is -3.34. The van der Waals surface area contributed by atoms with E-state index in [-0.39, 0.29) is 11.6 Å². The minimum Gasteiger partial charge on any atom is -0.430 e. The van der Waals surface area contributed by atoms with Crippen LogP contribution in [-0.4, -0.2) is 40.1 Å². The van der Waals surface area contributed by atoms with Gasteiger partial charge in [-0.25, -0.2) is 9.78 Å². The molecule has 7 heteroatoms. The molecule has 0 spiro atoms. The molecule has 4 heterocycles. The highest BCUT2D eigenvalue weighted by Gasteiger charge is 2.61. The average Bonchev–Trinajstić information content (AvgIpc) is 2.97. The van der Waals surface area contributed by atoms with Gasteiger partial charge in [-0.15, -0.1) is 0 Å². The first-order chi connectivity index (χ1) is 20.4. The molecule has 3 aliphatic rings. The second-order valence-electron chi connectivity index (χ2n) is 12.8. The van der Waals surface area contributed by atoms with E-state index in [1.54, 1.807) is 0 Å². The van der Waals surface area contributed by atoms with Crippen LogP contribution in [0.4, 0.5) is 4.79 Å². The predicted octanol–water partition coefficient (Wildman–Crippen LogP) is 9.55. The number of nitrogens with one attached hydrogen (secondary N) is 1. The van der Waals surface area contributed by atoms with Crippen molar-refractivity contribution in [3.8, 4) is 11.3 Å². The third-order valence-electron chi connectivity index (χ3n) is 8.78. The van der Waals surface area contributed by atoms with Gasteiger partial charge in [0.1, 0.15) is 5.60 Å². The number of amides is 1. The number of rotatable bonds is 5. The van der Waals surface area contributed by atoms with Crippen molar-refractivity contribution in [2.45, 2.75) is 58.6 Å². The molecular weight excluding hydrogens is 619 g/mol. The number of nitrogens with zero attached hydrogens (tertiary/aromatic N) is 1. The zero-order valence-corrected chi connectivity index (χ0v) is 27.8. The normalized spacial score (nSPS) is 21.4. The summed E-state index contributed by atoms with van der Waals surface area (Å²) >= 11 is 3.61. The van der Waals surface area contributed by atoms with Gasteiger partial charge in [-0.2, -0.15) is 0 Å². The van der Waals surface area contributed by atoms with E-state index < -0.39 is 18.4 Å². The summed E-state index contributed by atoms with van der Waals surface area (Å²) in [5.74, 6) is 2.10. The van der Waals surface area contributed by atoms with Crippen molar-refractivity contribution in [1.82, 2.24) is 10.3 Å². The number of ether oxygens (including phenoxy) is 1. The molecular formula is C36H37BrN2O3P+. The zero-order chi connectivity index (χ0) is 30.6. The van der Waals surface area contributed by atoms with Gasteiger partial charge in [-0.3, -0.25) is 4.79 Å². The van der Waals surface area contributed by atoms with Gasteiger partial charge in [0.05, 0.1) is 40.5 Å². The maximum absolute atomic E-state index is 14.6. The van der Waals surface area contributed by atoms with Gasteiger partial charge in [0.2, 0.25) is 0 Å². The maximum atomic E-state index is 14.6. The number of pyridine rings is 1. The Morgan fingerprint density at radius 2 is 1.63 bits per heavy atom.